The third-order valence-corrected chi connectivity index (χ3v) is 14.6. The highest BCUT2D eigenvalue weighted by Gasteiger charge is 2.32. The maximum atomic E-state index is 12.9. The van der Waals surface area contributed by atoms with E-state index in [4.69, 9.17) is 54.6 Å². The lowest BCUT2D eigenvalue weighted by Crippen LogP contribution is -2.40. The van der Waals surface area contributed by atoms with Crippen LogP contribution in [-0.2, 0) is 61.9 Å². The van der Waals surface area contributed by atoms with E-state index in [1.807, 2.05) is 6.92 Å². The number of nitrogens with one attached hydrogen (secondary N) is 4. The van der Waals surface area contributed by atoms with Crippen LogP contribution in [0.1, 0.15) is 212 Å². The molecule has 0 spiro atoms. The Morgan fingerprint density at radius 3 is 1.26 bits per heavy atom. The molecule has 3 rings (SSSR count). The molecular formula is C67H108ClFN4O18. The summed E-state index contributed by atoms with van der Waals surface area (Å²) in [6, 6.07) is 12.9. The van der Waals surface area contributed by atoms with Crippen molar-refractivity contribution < 1.29 is 90.5 Å². The van der Waals surface area contributed by atoms with Gasteiger partial charge < -0.3 is 64.3 Å². The molecule has 0 aliphatic heterocycles. The second-order valence-corrected chi connectivity index (χ2v) is 25.1. The SMILES string of the molecule is CC(C)C(=O)O[C@@H](OC(=O)NC[C@H](CC(=O)O)c1ccc(Cl)cc1)C(C)C.CCC1(CNC(=O)OC(C)OC(=O)C(C)C)CCCCC1.CC[C@@H](CNC(=O)O[C@H](C)OC(=O)C(C)C)CC(C)C.CC[C@@H](CNC(=O)O[C@H](C)OC(=O)C(C)C)c1ccc(F)cc1. The first kappa shape index (κ1) is 84.1. The predicted molar refractivity (Wildman–Crippen MR) is 344 cm³/mol. The van der Waals surface area contributed by atoms with Crippen LogP contribution in [-0.4, -0.2) is 111 Å². The number of hydrogen-bond acceptors (Lipinski definition) is 17. The number of benzene rings is 2. The third kappa shape index (κ3) is 38.5. The van der Waals surface area contributed by atoms with Gasteiger partial charge in [-0.05, 0) is 84.7 Å². The van der Waals surface area contributed by atoms with E-state index in [2.05, 4.69) is 49.0 Å². The van der Waals surface area contributed by atoms with Crippen LogP contribution < -0.4 is 21.3 Å². The molecule has 24 heteroatoms. The van der Waals surface area contributed by atoms with E-state index < -0.39 is 73.4 Å². The molecule has 2 aromatic carbocycles. The highest BCUT2D eigenvalue weighted by atomic mass is 35.5. The Morgan fingerprint density at radius 2 is 0.879 bits per heavy atom. The molecule has 0 heterocycles. The fourth-order valence-corrected chi connectivity index (χ4v) is 8.77. The summed E-state index contributed by atoms with van der Waals surface area (Å²) in [4.78, 5) is 104. The molecular weight excluding hydrogens is 1200 g/mol. The van der Waals surface area contributed by atoms with Gasteiger partial charge in [-0.3, -0.25) is 24.0 Å². The molecule has 5 N–H and O–H groups in total. The summed E-state index contributed by atoms with van der Waals surface area (Å²) in [5, 5.41) is 20.4. The van der Waals surface area contributed by atoms with Crippen molar-refractivity contribution >= 4 is 65.8 Å². The molecule has 91 heavy (non-hydrogen) atoms. The standard InChI is InChI=1S/C19H26ClNO6.C17H24FNO4.C16H29NO4.C15H29NO4/c1-11(2)17(24)26-18(12(3)4)27-19(25)21-10-14(9-16(22)23)13-5-7-15(20)8-6-13;1-5-13(14-6-8-15(18)9-7-14)10-19-17(21)23-12(4)22-16(20)11(2)3;1-5-16(9-7-6-8-10-16)11-17-15(19)21-13(4)20-14(18)12(2)3;1-7-13(8-10(2)3)9-16-15(18)20-12(6)19-14(17)11(4)5/h5-8,11-12,14,18H,9-10H2,1-4H3,(H,21,25)(H,22,23);6-9,11-13H,5,10H2,1-4H3,(H,19,21);12-13H,5-11H2,1-4H3,(H,17,19);10-13H,7-9H2,1-6H3,(H,16,18)/t14-,18-;12-,13+;;12-,13-/m01.1/s1. The van der Waals surface area contributed by atoms with Gasteiger partial charge in [-0.15, -0.1) is 0 Å². The molecule has 1 fully saturated rings. The molecule has 7 atom stereocenters. The average molecular weight is 1310 g/mol. The van der Waals surface area contributed by atoms with Gasteiger partial charge in [0, 0.05) is 69.7 Å². The van der Waals surface area contributed by atoms with Crippen molar-refractivity contribution in [1.29, 1.82) is 0 Å². The summed E-state index contributed by atoms with van der Waals surface area (Å²) in [5.41, 5.74) is 1.87. The lowest BCUT2D eigenvalue weighted by molar-refractivity contribution is -0.179. The maximum Gasteiger partial charge on any atom is 0.410 e. The Labute approximate surface area is 544 Å². The van der Waals surface area contributed by atoms with E-state index in [9.17, 15) is 47.5 Å². The molecule has 0 aromatic heterocycles. The number of carbonyl (C=O) groups is 9. The first-order chi connectivity index (χ1) is 42.6. The van der Waals surface area contributed by atoms with Gasteiger partial charge in [0.05, 0.1) is 30.1 Å². The molecule has 0 radical (unpaired) electrons. The second-order valence-electron chi connectivity index (χ2n) is 24.6. The molecule has 518 valence electrons. The van der Waals surface area contributed by atoms with Gasteiger partial charge in [-0.25, -0.2) is 23.6 Å². The van der Waals surface area contributed by atoms with Crippen LogP contribution in [0.4, 0.5) is 23.6 Å². The summed E-state index contributed by atoms with van der Waals surface area (Å²) in [5.74, 6) is -3.62. The predicted octanol–water partition coefficient (Wildman–Crippen LogP) is 14.3. The van der Waals surface area contributed by atoms with Gasteiger partial charge in [0.2, 0.25) is 18.9 Å². The number of aliphatic carboxylic acids is 1. The quantitative estimate of drug-likeness (QED) is 0.0276. The Hall–Kier alpha value is -6.91. The van der Waals surface area contributed by atoms with Crippen molar-refractivity contribution in [3.63, 3.8) is 0 Å². The maximum absolute atomic E-state index is 12.9. The summed E-state index contributed by atoms with van der Waals surface area (Å²) in [6.07, 6.45) is 3.61. The monoisotopic (exact) mass is 1310 g/mol. The third-order valence-electron chi connectivity index (χ3n) is 14.3. The molecule has 4 amide bonds. The van der Waals surface area contributed by atoms with Gasteiger partial charge in [-0.2, -0.15) is 0 Å². The van der Waals surface area contributed by atoms with E-state index in [1.165, 1.54) is 45.2 Å². The van der Waals surface area contributed by atoms with Gasteiger partial charge in [0.15, 0.2) is 0 Å². The molecule has 1 aliphatic rings. The zero-order chi connectivity index (χ0) is 69.6. The van der Waals surface area contributed by atoms with Gasteiger partial charge in [0.25, 0.3) is 6.29 Å². The number of hydrogen-bond donors (Lipinski definition) is 5. The van der Waals surface area contributed by atoms with Crippen molar-refractivity contribution in [2.45, 2.75) is 226 Å². The minimum atomic E-state index is -1.02. The summed E-state index contributed by atoms with van der Waals surface area (Å²) >= 11 is 5.85. The van der Waals surface area contributed by atoms with Crippen molar-refractivity contribution in [2.75, 3.05) is 26.2 Å². The topological polar surface area (TPSA) is 296 Å². The van der Waals surface area contributed by atoms with E-state index >= 15 is 0 Å². The lowest BCUT2D eigenvalue weighted by atomic mass is 9.72. The molecule has 1 saturated carbocycles. The molecule has 0 bridgehead atoms. The second kappa shape index (κ2) is 45.4. The van der Waals surface area contributed by atoms with Gasteiger partial charge in [0.1, 0.15) is 5.82 Å². The molecule has 0 saturated heterocycles. The largest absolute Gasteiger partial charge is 0.481 e. The Balaban J connectivity index is 0.00000119. The van der Waals surface area contributed by atoms with Crippen LogP contribution in [0.15, 0.2) is 48.5 Å². The smallest absolute Gasteiger partial charge is 0.410 e. The molecule has 22 nitrogen and oxygen atoms in total. The zero-order valence-electron chi connectivity index (χ0n) is 57.2. The van der Waals surface area contributed by atoms with E-state index in [-0.39, 0.29) is 71.6 Å². The van der Waals surface area contributed by atoms with Crippen LogP contribution in [0.25, 0.3) is 0 Å². The normalized spacial score (nSPS) is 14.7. The number of carbonyl (C=O) groups excluding carboxylic acids is 8. The summed E-state index contributed by atoms with van der Waals surface area (Å²) < 4.78 is 53.2. The Bertz CT molecular complexity index is 2470. The number of alkyl carbamates (subject to hydrolysis) is 4. The number of ether oxygens (including phenoxy) is 8. The van der Waals surface area contributed by atoms with E-state index in [1.54, 1.807) is 113 Å². The zero-order valence-corrected chi connectivity index (χ0v) is 57.9. The number of carboxylic acids is 1. The van der Waals surface area contributed by atoms with Gasteiger partial charge >= 0.3 is 54.2 Å². The van der Waals surface area contributed by atoms with Crippen molar-refractivity contribution in [1.82, 2.24) is 21.3 Å². The number of esters is 4. The van der Waals surface area contributed by atoms with Crippen molar-refractivity contribution in [3.8, 4) is 0 Å². The molecule has 1 unspecified atom stereocenters. The highest BCUT2D eigenvalue weighted by molar-refractivity contribution is 6.30. The molecule has 2 aromatic rings. The Morgan fingerprint density at radius 1 is 0.495 bits per heavy atom. The van der Waals surface area contributed by atoms with Crippen LogP contribution in [0, 0.1) is 52.7 Å². The number of rotatable bonds is 30. The highest BCUT2D eigenvalue weighted by Crippen LogP contribution is 2.38. The first-order valence-electron chi connectivity index (χ1n) is 31.9. The lowest BCUT2D eigenvalue weighted by Gasteiger charge is -2.36. The van der Waals surface area contributed by atoms with Crippen molar-refractivity contribution in [3.05, 3.63) is 70.5 Å². The minimum Gasteiger partial charge on any atom is -0.481 e. The number of amides is 4. The fraction of sp³-hybridized carbons (Fsp3) is 0.687. The minimum absolute atomic E-state index is 0.0513. The van der Waals surface area contributed by atoms with E-state index in [0.29, 0.717) is 36.5 Å². The van der Waals surface area contributed by atoms with Crippen LogP contribution >= 0.6 is 11.6 Å². The number of carboxylic acid groups (broad SMARTS) is 1. The Kier molecular flexibility index (Phi) is 41.9. The number of halogens is 2. The van der Waals surface area contributed by atoms with E-state index in [0.717, 1.165) is 49.7 Å². The summed E-state index contributed by atoms with van der Waals surface area (Å²) in [6.45, 7) is 34.0. The van der Waals surface area contributed by atoms with Crippen LogP contribution in [0.3, 0.4) is 0 Å². The van der Waals surface area contributed by atoms with Gasteiger partial charge in [-0.1, -0.05) is 165 Å². The van der Waals surface area contributed by atoms with Crippen molar-refractivity contribution in [2.24, 2.45) is 46.8 Å². The average Bonchev–Trinajstić information content (AvgIpc) is 3.26. The van der Waals surface area contributed by atoms with Crippen LogP contribution in [0.5, 0.6) is 0 Å². The van der Waals surface area contributed by atoms with Crippen LogP contribution in [0.2, 0.25) is 5.02 Å². The first-order valence-corrected chi connectivity index (χ1v) is 32.3. The molecule has 1 aliphatic carbocycles. The summed E-state index contributed by atoms with van der Waals surface area (Å²) in [7, 11) is 0. The fourth-order valence-electron chi connectivity index (χ4n) is 8.65.